The molecule has 0 spiro atoms. The topological polar surface area (TPSA) is 105 Å². The van der Waals surface area contributed by atoms with Gasteiger partial charge in [0.05, 0.1) is 18.6 Å². The van der Waals surface area contributed by atoms with E-state index in [2.05, 4.69) is 9.97 Å². The van der Waals surface area contributed by atoms with Crippen molar-refractivity contribution < 1.29 is 24.2 Å². The highest BCUT2D eigenvalue weighted by molar-refractivity contribution is 5.99. The number of aliphatic hydroxyl groups excluding tert-OH is 1. The van der Waals surface area contributed by atoms with Gasteiger partial charge in [0, 0.05) is 6.20 Å². The molecule has 39 heavy (non-hydrogen) atoms. The first-order chi connectivity index (χ1) is 18.7. The summed E-state index contributed by atoms with van der Waals surface area (Å²) in [6.45, 7) is 5.01. The Bertz CT molecular complexity index is 1420. The molecule has 4 aromatic rings. The van der Waals surface area contributed by atoms with Crippen molar-refractivity contribution in [3.05, 3.63) is 114 Å². The minimum atomic E-state index is -1.86. The predicted molar refractivity (Wildman–Crippen MR) is 145 cm³/mol. The Labute approximate surface area is 227 Å². The molecular formula is C31H31N3O5. The Morgan fingerprint density at radius 2 is 1.67 bits per heavy atom. The average molecular weight is 526 g/mol. The van der Waals surface area contributed by atoms with E-state index in [1.54, 1.807) is 13.8 Å². The number of hydrogen-bond donors (Lipinski definition) is 2. The van der Waals surface area contributed by atoms with E-state index in [9.17, 15) is 14.7 Å². The van der Waals surface area contributed by atoms with Crippen LogP contribution in [0.3, 0.4) is 0 Å². The maximum atomic E-state index is 14.2. The molecule has 0 radical (unpaired) electrons. The number of aliphatic hydroxyl groups is 1. The van der Waals surface area contributed by atoms with Crippen molar-refractivity contribution in [3.8, 4) is 11.1 Å². The number of rotatable bonds is 8. The molecule has 1 aliphatic heterocycles. The van der Waals surface area contributed by atoms with E-state index in [1.807, 2.05) is 84.9 Å². The number of nitrogens with one attached hydrogen (secondary N) is 1. The van der Waals surface area contributed by atoms with E-state index in [1.165, 1.54) is 19.4 Å². The Kier molecular flexibility index (Phi) is 7.08. The van der Waals surface area contributed by atoms with Gasteiger partial charge in [0.15, 0.2) is 5.60 Å². The third-order valence-electron chi connectivity index (χ3n) is 7.14. The van der Waals surface area contributed by atoms with Gasteiger partial charge in [-0.15, -0.1) is 0 Å². The molecule has 1 aromatic heterocycles. The van der Waals surface area contributed by atoms with Crippen molar-refractivity contribution in [2.24, 2.45) is 0 Å². The van der Waals surface area contributed by atoms with E-state index < -0.39 is 35.3 Å². The number of benzene rings is 3. The highest BCUT2D eigenvalue weighted by Gasteiger charge is 2.57. The van der Waals surface area contributed by atoms with Crippen molar-refractivity contribution >= 4 is 12.0 Å². The molecule has 5 rings (SSSR count). The summed E-state index contributed by atoms with van der Waals surface area (Å²) in [5, 5.41) is 11.4. The smallest absolute Gasteiger partial charge is 0.417 e. The molecule has 1 aliphatic rings. The van der Waals surface area contributed by atoms with E-state index in [0.29, 0.717) is 0 Å². The summed E-state index contributed by atoms with van der Waals surface area (Å²) < 4.78 is 11.9. The average Bonchev–Trinajstić information content (AvgIpc) is 3.57. The lowest BCUT2D eigenvalue weighted by atomic mass is 9.88. The van der Waals surface area contributed by atoms with Gasteiger partial charge < -0.3 is 19.6 Å². The number of nitrogens with zero attached hydrogens (tertiary/aromatic N) is 2. The largest absolute Gasteiger partial charge is 0.440 e. The van der Waals surface area contributed by atoms with Gasteiger partial charge in [-0.2, -0.15) is 0 Å². The van der Waals surface area contributed by atoms with Gasteiger partial charge in [-0.3, -0.25) is 4.79 Å². The zero-order chi connectivity index (χ0) is 27.6. The summed E-state index contributed by atoms with van der Waals surface area (Å²) in [4.78, 5) is 35.4. The molecule has 0 bridgehead atoms. The van der Waals surface area contributed by atoms with Gasteiger partial charge >= 0.3 is 6.09 Å². The maximum absolute atomic E-state index is 14.2. The van der Waals surface area contributed by atoms with Crippen molar-refractivity contribution in [2.75, 3.05) is 0 Å². The van der Waals surface area contributed by atoms with E-state index in [-0.39, 0.29) is 12.3 Å². The van der Waals surface area contributed by atoms with Crippen LogP contribution in [0.15, 0.2) is 97.5 Å². The molecule has 2 heterocycles. The fourth-order valence-electron chi connectivity index (χ4n) is 4.99. The number of aromatic nitrogens is 2. The number of hydrogen-bond acceptors (Lipinski definition) is 6. The molecule has 1 saturated heterocycles. The van der Waals surface area contributed by atoms with Crippen molar-refractivity contribution in [1.82, 2.24) is 14.9 Å². The molecule has 8 nitrogen and oxygen atoms in total. The first-order valence-corrected chi connectivity index (χ1v) is 12.8. The van der Waals surface area contributed by atoms with Crippen molar-refractivity contribution in [2.45, 2.75) is 50.7 Å². The Balaban J connectivity index is 1.46. The third kappa shape index (κ3) is 5.08. The minimum absolute atomic E-state index is 0.0150. The molecular weight excluding hydrogens is 494 g/mol. The summed E-state index contributed by atoms with van der Waals surface area (Å²) in [5.74, 6) is -0.719. The van der Waals surface area contributed by atoms with E-state index in [4.69, 9.17) is 9.47 Å². The standard InChI is InChI=1S/C31H31N3O5/c1-30(2)26(24-12-8-5-9-13-24)34(29(37)39-30)28(36)31(3,27(35)25-18-32-20-33-25)38-19-21-14-16-23(17-15-21)22-10-6-4-7-11-22/h4-18,20,26-27,35H,19H2,1-3H3,(H,32,33)/t26-,27-,31-/m0/s1. The van der Waals surface area contributed by atoms with E-state index in [0.717, 1.165) is 27.2 Å². The van der Waals surface area contributed by atoms with Crippen LogP contribution in [0.25, 0.3) is 11.1 Å². The number of imide groups is 1. The van der Waals surface area contributed by atoms with Gasteiger partial charge in [-0.1, -0.05) is 84.9 Å². The Hall–Kier alpha value is -4.27. The van der Waals surface area contributed by atoms with Crippen LogP contribution in [0.1, 0.15) is 49.7 Å². The quantitative estimate of drug-likeness (QED) is 0.311. The number of amides is 2. The van der Waals surface area contributed by atoms with Crippen molar-refractivity contribution in [1.29, 1.82) is 0 Å². The normalized spacial score (nSPS) is 18.8. The van der Waals surface area contributed by atoms with Gasteiger partial charge in [0.25, 0.3) is 5.91 Å². The minimum Gasteiger partial charge on any atom is -0.440 e. The number of carbonyl (C=O) groups excluding carboxylic acids is 2. The second-order valence-corrected chi connectivity index (χ2v) is 10.3. The summed E-state index contributed by atoms with van der Waals surface area (Å²) >= 11 is 0. The SMILES string of the molecule is CC1(C)OC(=O)N(C(=O)[C@@](C)(OCc2ccc(-c3ccccc3)cc2)[C@@H](O)c2c[nH]cn2)[C@H]1c1ccccc1. The van der Waals surface area contributed by atoms with E-state index >= 15 is 0 Å². The summed E-state index contributed by atoms with van der Waals surface area (Å²) in [5.41, 5.74) is 1.01. The molecule has 8 heteroatoms. The van der Waals surface area contributed by atoms with Crippen LogP contribution in [0.5, 0.6) is 0 Å². The predicted octanol–water partition coefficient (Wildman–Crippen LogP) is 5.58. The van der Waals surface area contributed by atoms with Crippen LogP contribution in [0.2, 0.25) is 0 Å². The monoisotopic (exact) mass is 525 g/mol. The fourth-order valence-corrected chi connectivity index (χ4v) is 4.99. The van der Waals surface area contributed by atoms with Crippen LogP contribution < -0.4 is 0 Å². The lowest BCUT2D eigenvalue weighted by Gasteiger charge is -2.37. The molecule has 0 aliphatic carbocycles. The molecule has 2 amide bonds. The highest BCUT2D eigenvalue weighted by atomic mass is 16.6. The molecule has 200 valence electrons. The number of aromatic amines is 1. The molecule has 1 fully saturated rings. The van der Waals surface area contributed by atoms with Crippen molar-refractivity contribution in [3.63, 3.8) is 0 Å². The second-order valence-electron chi connectivity index (χ2n) is 10.3. The molecule has 2 N–H and O–H groups in total. The maximum Gasteiger partial charge on any atom is 0.417 e. The Morgan fingerprint density at radius 1 is 1.05 bits per heavy atom. The van der Waals surface area contributed by atoms with Crippen LogP contribution in [0, 0.1) is 0 Å². The Morgan fingerprint density at radius 3 is 2.28 bits per heavy atom. The fraction of sp³-hybridized carbons (Fsp3) is 0.258. The lowest BCUT2D eigenvalue weighted by Crippen LogP contribution is -2.54. The van der Waals surface area contributed by atoms with Gasteiger partial charge in [-0.05, 0) is 43.0 Å². The zero-order valence-corrected chi connectivity index (χ0v) is 22.1. The zero-order valence-electron chi connectivity index (χ0n) is 22.1. The number of carbonyl (C=O) groups is 2. The lowest BCUT2D eigenvalue weighted by molar-refractivity contribution is -0.175. The molecule has 0 saturated carbocycles. The van der Waals surface area contributed by atoms with Gasteiger partial charge in [0.2, 0.25) is 0 Å². The summed E-state index contributed by atoms with van der Waals surface area (Å²) in [6.07, 6.45) is 0.642. The van der Waals surface area contributed by atoms with Gasteiger partial charge in [0.1, 0.15) is 17.7 Å². The third-order valence-corrected chi connectivity index (χ3v) is 7.14. The summed E-state index contributed by atoms with van der Waals surface area (Å²) in [6, 6.07) is 26.2. The number of H-pyrrole nitrogens is 1. The number of ether oxygens (including phenoxy) is 2. The molecule has 0 unspecified atom stereocenters. The first kappa shape index (κ1) is 26.3. The summed E-state index contributed by atoms with van der Waals surface area (Å²) in [7, 11) is 0. The van der Waals surface area contributed by atoms with Crippen LogP contribution >= 0.6 is 0 Å². The second kappa shape index (κ2) is 10.5. The van der Waals surface area contributed by atoms with Crippen LogP contribution in [-0.4, -0.2) is 43.2 Å². The number of cyclic esters (lactones) is 1. The molecule has 3 aromatic carbocycles. The highest BCUT2D eigenvalue weighted by Crippen LogP contribution is 2.44. The first-order valence-electron chi connectivity index (χ1n) is 12.8. The molecule has 3 atom stereocenters. The van der Waals surface area contributed by atoms with Crippen LogP contribution in [-0.2, 0) is 20.9 Å². The van der Waals surface area contributed by atoms with Gasteiger partial charge in [-0.25, -0.2) is 14.7 Å². The van der Waals surface area contributed by atoms with Crippen LogP contribution in [0.4, 0.5) is 4.79 Å². The number of imidazole rings is 1.